The molecule has 0 N–H and O–H groups in total. The molecule has 0 aromatic heterocycles. The smallest absolute Gasteiger partial charge is 0.744 e. The Bertz CT molecular complexity index is 822. The van der Waals surface area contributed by atoms with Crippen molar-refractivity contribution in [1.82, 2.24) is 0 Å². The largest absolute Gasteiger partial charge is 1.00 e. The van der Waals surface area contributed by atoms with Crippen molar-refractivity contribution in [3.05, 3.63) is 54.1 Å². The van der Waals surface area contributed by atoms with Gasteiger partial charge in [-0.25, -0.2) is 8.42 Å². The molecule has 2 aromatic carbocycles. The molecule has 0 bridgehead atoms. The van der Waals surface area contributed by atoms with Crippen molar-refractivity contribution in [3.8, 4) is 11.5 Å². The predicted molar refractivity (Wildman–Crippen MR) is 116 cm³/mol. The molecule has 160 valence electrons. The maximum atomic E-state index is 11.4. The van der Waals surface area contributed by atoms with Crippen molar-refractivity contribution in [3.63, 3.8) is 0 Å². The number of hydrogen-bond acceptors (Lipinski definition) is 4. The molecule has 0 aliphatic heterocycles. The van der Waals surface area contributed by atoms with Gasteiger partial charge in [0.05, 0.1) is 4.90 Å². The molecular formula is C24H33KO4S. The van der Waals surface area contributed by atoms with E-state index in [0.29, 0.717) is 11.5 Å². The van der Waals surface area contributed by atoms with Gasteiger partial charge in [0.25, 0.3) is 0 Å². The van der Waals surface area contributed by atoms with Crippen LogP contribution in [0.2, 0.25) is 0 Å². The van der Waals surface area contributed by atoms with Crippen molar-refractivity contribution < 1.29 is 69.1 Å². The number of unbranched alkanes of at least 4 members (excludes halogenated alkanes) is 9. The fourth-order valence-corrected chi connectivity index (χ4v) is 3.90. The van der Waals surface area contributed by atoms with Crippen LogP contribution in [0.3, 0.4) is 0 Å². The first kappa shape index (κ1) is 27.8. The molecule has 2 aromatic rings. The third-order valence-electron chi connectivity index (χ3n) is 5.10. The van der Waals surface area contributed by atoms with E-state index in [0.717, 1.165) is 24.8 Å². The quantitative estimate of drug-likeness (QED) is 0.246. The van der Waals surface area contributed by atoms with Gasteiger partial charge in [0.2, 0.25) is 0 Å². The molecule has 2 rings (SSSR count). The van der Waals surface area contributed by atoms with Crippen molar-refractivity contribution >= 4 is 10.1 Å². The van der Waals surface area contributed by atoms with Gasteiger partial charge < -0.3 is 9.29 Å². The van der Waals surface area contributed by atoms with E-state index in [1.165, 1.54) is 63.5 Å². The molecule has 0 aliphatic carbocycles. The molecule has 0 aliphatic rings. The van der Waals surface area contributed by atoms with Crippen molar-refractivity contribution in [1.29, 1.82) is 0 Å². The fraction of sp³-hybridized carbons (Fsp3) is 0.500. The molecule has 6 heteroatoms. The van der Waals surface area contributed by atoms with Gasteiger partial charge in [-0.15, -0.1) is 0 Å². The summed E-state index contributed by atoms with van der Waals surface area (Å²) < 4.78 is 40.0. The molecule has 0 spiro atoms. The van der Waals surface area contributed by atoms with Gasteiger partial charge in [-0.2, -0.15) is 0 Å². The monoisotopic (exact) mass is 456 g/mol. The van der Waals surface area contributed by atoms with Crippen molar-refractivity contribution in [2.45, 2.75) is 82.4 Å². The van der Waals surface area contributed by atoms with Crippen LogP contribution in [0.4, 0.5) is 0 Å². The number of benzene rings is 2. The van der Waals surface area contributed by atoms with Crippen LogP contribution in [0.1, 0.15) is 76.7 Å². The van der Waals surface area contributed by atoms with Crippen LogP contribution in [-0.2, 0) is 16.5 Å². The SMILES string of the molecule is CCCCCCCCCCCCc1ccc(S(=O)(=O)[O-])cc1Oc1ccccc1.[K+]. The van der Waals surface area contributed by atoms with E-state index >= 15 is 0 Å². The number of aryl methyl sites for hydroxylation is 1. The van der Waals surface area contributed by atoms with Gasteiger partial charge >= 0.3 is 51.4 Å². The molecule has 0 radical (unpaired) electrons. The predicted octanol–water partition coefficient (Wildman–Crippen LogP) is 3.85. The van der Waals surface area contributed by atoms with Crippen LogP contribution in [0.15, 0.2) is 53.4 Å². The van der Waals surface area contributed by atoms with Crippen LogP contribution in [0.25, 0.3) is 0 Å². The number of para-hydroxylation sites is 1. The van der Waals surface area contributed by atoms with E-state index < -0.39 is 10.1 Å². The summed E-state index contributed by atoms with van der Waals surface area (Å²) in [7, 11) is -4.51. The third-order valence-corrected chi connectivity index (χ3v) is 5.93. The summed E-state index contributed by atoms with van der Waals surface area (Å²) in [6, 6.07) is 13.6. The summed E-state index contributed by atoms with van der Waals surface area (Å²) in [4.78, 5) is -0.254. The molecule has 0 saturated carbocycles. The second-order valence-electron chi connectivity index (χ2n) is 7.57. The Hall–Kier alpha value is -0.214. The molecule has 0 saturated heterocycles. The first-order chi connectivity index (χ1) is 14.0. The van der Waals surface area contributed by atoms with Gasteiger partial charge in [0, 0.05) is 0 Å². The standard InChI is InChI=1S/C24H34O4S.K/c1-2-3-4-5-6-7-8-9-10-12-15-21-18-19-23(29(25,26)27)20-24(21)28-22-16-13-11-14-17-22;/h11,13-14,16-20H,2-10,12,15H2,1H3,(H,25,26,27);/q;+1/p-1. The van der Waals surface area contributed by atoms with Gasteiger partial charge in [-0.05, 0) is 42.7 Å². The Labute approximate surface area is 225 Å². The Morgan fingerprint density at radius 3 is 1.93 bits per heavy atom. The van der Waals surface area contributed by atoms with Crippen LogP contribution in [0, 0.1) is 0 Å². The zero-order valence-electron chi connectivity index (χ0n) is 18.4. The van der Waals surface area contributed by atoms with E-state index in [1.807, 2.05) is 30.3 Å². The molecule has 0 fully saturated rings. The molecule has 30 heavy (non-hydrogen) atoms. The Morgan fingerprint density at radius 2 is 1.37 bits per heavy atom. The van der Waals surface area contributed by atoms with Crippen molar-refractivity contribution in [2.24, 2.45) is 0 Å². The summed E-state index contributed by atoms with van der Waals surface area (Å²) in [6.07, 6.45) is 13.4. The Morgan fingerprint density at radius 1 is 0.800 bits per heavy atom. The van der Waals surface area contributed by atoms with E-state index in [9.17, 15) is 13.0 Å². The molecule has 0 unspecified atom stereocenters. The summed E-state index contributed by atoms with van der Waals surface area (Å²) in [5, 5.41) is 0. The minimum atomic E-state index is -4.51. The maximum Gasteiger partial charge on any atom is 1.00 e. The molecule has 4 nitrogen and oxygen atoms in total. The van der Waals surface area contributed by atoms with E-state index in [2.05, 4.69) is 6.92 Å². The summed E-state index contributed by atoms with van der Waals surface area (Å²) in [5.74, 6) is 1.07. The number of rotatable bonds is 14. The number of hydrogen-bond donors (Lipinski definition) is 0. The van der Waals surface area contributed by atoms with Gasteiger partial charge in [-0.1, -0.05) is 89.0 Å². The number of ether oxygens (including phenoxy) is 1. The van der Waals surface area contributed by atoms with Gasteiger partial charge in [0.15, 0.2) is 0 Å². The van der Waals surface area contributed by atoms with Crippen LogP contribution >= 0.6 is 0 Å². The molecule has 0 atom stereocenters. The first-order valence-electron chi connectivity index (χ1n) is 10.8. The Balaban J connectivity index is 0.00000450. The zero-order chi connectivity index (χ0) is 21.0. The van der Waals surface area contributed by atoms with E-state index in [-0.39, 0.29) is 56.3 Å². The maximum absolute atomic E-state index is 11.4. The molecular weight excluding hydrogens is 423 g/mol. The zero-order valence-corrected chi connectivity index (χ0v) is 22.4. The summed E-state index contributed by atoms with van der Waals surface area (Å²) in [6.45, 7) is 2.24. The second-order valence-corrected chi connectivity index (χ2v) is 8.95. The second kappa shape index (κ2) is 15.6. The van der Waals surface area contributed by atoms with Crippen LogP contribution < -0.4 is 56.1 Å². The third kappa shape index (κ3) is 10.9. The van der Waals surface area contributed by atoms with Gasteiger partial charge in [-0.3, -0.25) is 0 Å². The van der Waals surface area contributed by atoms with E-state index in [1.54, 1.807) is 6.07 Å². The minimum absolute atomic E-state index is 0. The average Bonchev–Trinajstić information content (AvgIpc) is 2.70. The minimum Gasteiger partial charge on any atom is -0.744 e. The van der Waals surface area contributed by atoms with Gasteiger partial charge in [0.1, 0.15) is 21.6 Å². The normalized spacial score (nSPS) is 11.1. The summed E-state index contributed by atoms with van der Waals surface area (Å²) in [5.41, 5.74) is 0.931. The molecule has 0 amide bonds. The molecule has 0 heterocycles. The van der Waals surface area contributed by atoms with Crippen LogP contribution in [-0.4, -0.2) is 13.0 Å². The summed E-state index contributed by atoms with van der Waals surface area (Å²) >= 11 is 0. The van der Waals surface area contributed by atoms with E-state index in [4.69, 9.17) is 4.74 Å². The topological polar surface area (TPSA) is 66.4 Å². The fourth-order valence-electron chi connectivity index (χ4n) is 3.41. The Kier molecular flexibility index (Phi) is 14.4. The first-order valence-corrected chi connectivity index (χ1v) is 12.2. The van der Waals surface area contributed by atoms with Crippen LogP contribution in [0.5, 0.6) is 11.5 Å². The average molecular weight is 457 g/mol. The van der Waals surface area contributed by atoms with Crippen molar-refractivity contribution in [2.75, 3.05) is 0 Å².